The van der Waals surface area contributed by atoms with Crippen LogP contribution in [0.15, 0.2) is 22.9 Å². The zero-order chi connectivity index (χ0) is 21.8. The number of hydrogen-bond acceptors (Lipinski definition) is 5. The zero-order valence-electron chi connectivity index (χ0n) is 17.6. The molecule has 3 atom stereocenters. The molecule has 0 radical (unpaired) electrons. The highest BCUT2D eigenvalue weighted by molar-refractivity contribution is 9.10. The van der Waals surface area contributed by atoms with Crippen molar-refractivity contribution < 1.29 is 24.2 Å². The number of ether oxygens (including phenoxy) is 2. The average molecular weight is 472 g/mol. The first kappa shape index (κ1) is 23.3. The number of likely N-dealkylation sites (tertiary alicyclic amines) is 2. The lowest BCUT2D eigenvalue weighted by molar-refractivity contribution is -0.0375. The van der Waals surface area contributed by atoms with Gasteiger partial charge < -0.3 is 19.5 Å². The maximum atomic E-state index is 12.2. The second-order valence-corrected chi connectivity index (χ2v) is 9.21. The molecule has 8 nitrogen and oxygen atoms in total. The second-order valence-electron chi connectivity index (χ2n) is 8.36. The number of nitrogens with zero attached hydrogens (tertiary/aromatic N) is 3. The molecule has 0 saturated carbocycles. The third kappa shape index (κ3) is 6.48. The Hall–Kier alpha value is -2.03. The fraction of sp³-hybridized carbons (Fsp3) is 0.650. The molecule has 3 rings (SSSR count). The second kappa shape index (κ2) is 9.65. The van der Waals surface area contributed by atoms with Crippen LogP contribution in [0.2, 0.25) is 0 Å². The van der Waals surface area contributed by atoms with Gasteiger partial charge >= 0.3 is 12.2 Å². The van der Waals surface area contributed by atoms with E-state index in [0.717, 1.165) is 23.9 Å². The maximum absolute atomic E-state index is 12.2. The maximum Gasteiger partial charge on any atom is 0.410 e. The average Bonchev–Trinajstić information content (AvgIpc) is 2.56. The summed E-state index contributed by atoms with van der Waals surface area (Å²) in [6.45, 7) is 10.7. The summed E-state index contributed by atoms with van der Waals surface area (Å²) < 4.78 is 12.0. The number of halogens is 1. The minimum atomic E-state index is -0.788. The molecule has 1 N–H and O–H groups in total. The molecule has 1 aromatic rings. The van der Waals surface area contributed by atoms with Crippen LogP contribution in [0.4, 0.5) is 9.59 Å². The van der Waals surface area contributed by atoms with Gasteiger partial charge in [0.25, 0.3) is 0 Å². The number of carbonyl (C=O) groups is 2. The first-order valence-corrected chi connectivity index (χ1v) is 10.5. The summed E-state index contributed by atoms with van der Waals surface area (Å²) in [6, 6.07) is 2.31. The topological polar surface area (TPSA) is 92.2 Å². The van der Waals surface area contributed by atoms with Crippen LogP contribution in [0.5, 0.6) is 5.75 Å². The smallest absolute Gasteiger partial charge is 0.410 e. The molecule has 0 bridgehead atoms. The highest BCUT2D eigenvalue weighted by atomic mass is 79.9. The molecule has 2 aliphatic heterocycles. The van der Waals surface area contributed by atoms with Crippen molar-refractivity contribution in [2.75, 3.05) is 13.2 Å². The molecule has 3 unspecified atom stereocenters. The van der Waals surface area contributed by atoms with E-state index in [1.54, 1.807) is 17.3 Å². The van der Waals surface area contributed by atoms with Gasteiger partial charge in [-0.1, -0.05) is 0 Å². The Kier molecular flexibility index (Phi) is 7.73. The van der Waals surface area contributed by atoms with Gasteiger partial charge in [0.15, 0.2) is 5.75 Å². The van der Waals surface area contributed by atoms with Crippen LogP contribution in [-0.2, 0) is 4.74 Å². The van der Waals surface area contributed by atoms with Crippen LogP contribution >= 0.6 is 15.9 Å². The van der Waals surface area contributed by atoms with Crippen LogP contribution in [0.1, 0.15) is 47.5 Å². The minimum absolute atomic E-state index is 0.0435. The lowest BCUT2D eigenvalue weighted by Gasteiger charge is -2.46. The molecule has 0 aliphatic carbocycles. The van der Waals surface area contributed by atoms with Crippen molar-refractivity contribution in [1.82, 2.24) is 14.8 Å². The quantitative estimate of drug-likeness (QED) is 0.702. The Morgan fingerprint density at radius 3 is 2.41 bits per heavy atom. The summed E-state index contributed by atoms with van der Waals surface area (Å²) in [5, 5.41) is 8.33. The van der Waals surface area contributed by atoms with Gasteiger partial charge in [0.05, 0.1) is 16.7 Å². The van der Waals surface area contributed by atoms with E-state index in [1.807, 2.05) is 40.7 Å². The van der Waals surface area contributed by atoms with Crippen molar-refractivity contribution in [3.8, 4) is 5.75 Å². The predicted octanol–water partition coefficient (Wildman–Crippen LogP) is 4.38. The van der Waals surface area contributed by atoms with Crippen LogP contribution in [0.25, 0.3) is 0 Å². The molecule has 2 saturated heterocycles. The van der Waals surface area contributed by atoms with Crippen molar-refractivity contribution in [1.29, 1.82) is 0 Å². The molecule has 2 amide bonds. The molecule has 2 fully saturated rings. The van der Waals surface area contributed by atoms with E-state index in [2.05, 4.69) is 20.9 Å². The number of carbonyl (C=O) groups excluding carboxylic acids is 1. The normalized spacial score (nSPS) is 23.2. The van der Waals surface area contributed by atoms with Gasteiger partial charge in [-0.3, -0.25) is 9.88 Å². The third-order valence-corrected chi connectivity index (χ3v) is 5.47. The number of carboxylic acid groups (broad SMARTS) is 1. The number of hydrogen-bond donors (Lipinski definition) is 1. The van der Waals surface area contributed by atoms with Gasteiger partial charge in [0.1, 0.15) is 12.2 Å². The highest BCUT2D eigenvalue weighted by Crippen LogP contribution is 2.30. The minimum Gasteiger partial charge on any atom is -0.489 e. The van der Waals surface area contributed by atoms with E-state index in [4.69, 9.17) is 14.6 Å². The monoisotopic (exact) mass is 471 g/mol. The Balaban J connectivity index is 0.000000313. The van der Waals surface area contributed by atoms with Crippen molar-refractivity contribution in [3.05, 3.63) is 22.9 Å². The fourth-order valence-corrected chi connectivity index (χ4v) is 3.43. The molecular weight excluding hydrogens is 442 g/mol. The fourth-order valence-electron chi connectivity index (χ4n) is 3.09. The van der Waals surface area contributed by atoms with Gasteiger partial charge in [-0.25, -0.2) is 9.59 Å². The van der Waals surface area contributed by atoms with Crippen LogP contribution in [-0.4, -0.2) is 69.0 Å². The molecule has 0 aromatic carbocycles. The Labute approximate surface area is 180 Å². The van der Waals surface area contributed by atoms with Gasteiger partial charge in [0, 0.05) is 24.8 Å². The van der Waals surface area contributed by atoms with Gasteiger partial charge in [-0.2, -0.15) is 0 Å². The Bertz CT molecular complexity index is 724. The van der Waals surface area contributed by atoms with Gasteiger partial charge in [-0.05, 0) is 69.5 Å². The third-order valence-electron chi connectivity index (χ3n) is 4.82. The number of rotatable bonds is 3. The van der Waals surface area contributed by atoms with E-state index < -0.39 is 11.7 Å². The summed E-state index contributed by atoms with van der Waals surface area (Å²) >= 11 is 3.41. The van der Waals surface area contributed by atoms with Crippen molar-refractivity contribution in [3.63, 3.8) is 0 Å². The number of pyridine rings is 1. The summed E-state index contributed by atoms with van der Waals surface area (Å²) in [7, 11) is 0. The summed E-state index contributed by atoms with van der Waals surface area (Å²) in [5.41, 5.74) is -0.482. The van der Waals surface area contributed by atoms with Crippen LogP contribution in [0.3, 0.4) is 0 Å². The largest absolute Gasteiger partial charge is 0.489 e. The summed E-state index contributed by atoms with van der Waals surface area (Å²) in [6.07, 6.45) is 4.21. The molecule has 3 heterocycles. The molecule has 0 spiro atoms. The van der Waals surface area contributed by atoms with Crippen LogP contribution in [0, 0.1) is 0 Å². The molecule has 2 aliphatic rings. The number of aromatic nitrogens is 1. The van der Waals surface area contributed by atoms with E-state index in [1.165, 1.54) is 4.90 Å². The van der Waals surface area contributed by atoms with Crippen LogP contribution < -0.4 is 4.74 Å². The van der Waals surface area contributed by atoms with Crippen molar-refractivity contribution in [2.24, 2.45) is 0 Å². The number of amides is 2. The Morgan fingerprint density at radius 2 is 2.00 bits per heavy atom. The molecule has 162 valence electrons. The first-order chi connectivity index (χ1) is 13.5. The molecule has 29 heavy (non-hydrogen) atoms. The summed E-state index contributed by atoms with van der Waals surface area (Å²) in [4.78, 5) is 29.5. The van der Waals surface area contributed by atoms with Gasteiger partial charge in [-0.15, -0.1) is 0 Å². The Morgan fingerprint density at radius 1 is 1.31 bits per heavy atom. The first-order valence-electron chi connectivity index (χ1n) is 9.72. The zero-order valence-corrected chi connectivity index (χ0v) is 19.2. The van der Waals surface area contributed by atoms with Gasteiger partial charge in [0.2, 0.25) is 0 Å². The van der Waals surface area contributed by atoms with Crippen molar-refractivity contribution >= 4 is 28.1 Å². The predicted molar refractivity (Wildman–Crippen MR) is 112 cm³/mol. The van der Waals surface area contributed by atoms with E-state index in [-0.39, 0.29) is 24.2 Å². The highest BCUT2D eigenvalue weighted by Gasteiger charge is 2.41. The molecule has 9 heteroatoms. The summed E-state index contributed by atoms with van der Waals surface area (Å²) in [5.74, 6) is 0.682. The molecule has 1 aromatic heterocycles. The lowest BCUT2D eigenvalue weighted by atomic mass is 9.95. The molecular formula is C20H30BrN3O5. The van der Waals surface area contributed by atoms with Crippen molar-refractivity contribution in [2.45, 2.75) is 71.2 Å². The van der Waals surface area contributed by atoms with E-state index >= 15 is 0 Å². The van der Waals surface area contributed by atoms with E-state index in [9.17, 15) is 9.59 Å². The van der Waals surface area contributed by atoms with E-state index in [0.29, 0.717) is 12.4 Å². The standard InChI is InChI=1S/C15H21BrN2O3.C5H9NO2/c1-10-7-11(18(10)14(19)21-15(2,3)4)9-20-13-8-17-6-5-12(13)16;1-4-2-3-6(4)5(7)8/h5-6,8,10-11H,7,9H2,1-4H3;4H,2-3H2,1H3,(H,7,8). The lowest BCUT2D eigenvalue weighted by Crippen LogP contribution is -2.60. The SMILES string of the molecule is CC1CC(COc2cnccc2Br)N1C(=O)OC(C)(C)C.CC1CCN1C(=O)O.